The molecule has 0 aromatic heterocycles. The van der Waals surface area contributed by atoms with Crippen LogP contribution in [0.5, 0.6) is 5.75 Å². The SMILES string of the molecule is COc1c(N)ccc(F)c1C(=O)CBr. The molecule has 1 aromatic carbocycles. The minimum Gasteiger partial charge on any atom is -0.494 e. The van der Waals surface area contributed by atoms with Gasteiger partial charge < -0.3 is 10.5 Å². The fraction of sp³-hybridized carbons (Fsp3) is 0.222. The molecule has 0 aliphatic rings. The molecule has 0 saturated carbocycles. The van der Waals surface area contributed by atoms with E-state index in [1.54, 1.807) is 0 Å². The number of Topliss-reactive ketones (excluding diaryl/α,β-unsaturated/α-hetero) is 1. The maximum atomic E-state index is 13.3. The third kappa shape index (κ3) is 1.87. The largest absolute Gasteiger partial charge is 0.494 e. The first-order chi connectivity index (χ1) is 6.61. The molecule has 2 N–H and O–H groups in total. The Hall–Kier alpha value is -1.10. The Bertz CT molecular complexity index is 368. The van der Waals surface area contributed by atoms with Crippen LogP contribution in [-0.2, 0) is 0 Å². The normalized spacial score (nSPS) is 9.93. The van der Waals surface area contributed by atoms with E-state index in [2.05, 4.69) is 15.9 Å². The van der Waals surface area contributed by atoms with Gasteiger partial charge in [-0.15, -0.1) is 0 Å². The lowest BCUT2D eigenvalue weighted by Gasteiger charge is -2.09. The van der Waals surface area contributed by atoms with E-state index in [9.17, 15) is 9.18 Å². The van der Waals surface area contributed by atoms with Gasteiger partial charge in [-0.3, -0.25) is 4.79 Å². The number of rotatable bonds is 3. The van der Waals surface area contributed by atoms with Gasteiger partial charge in [0.05, 0.1) is 23.7 Å². The van der Waals surface area contributed by atoms with E-state index >= 15 is 0 Å². The van der Waals surface area contributed by atoms with Crippen molar-refractivity contribution in [2.24, 2.45) is 0 Å². The number of anilines is 1. The molecule has 0 fully saturated rings. The highest BCUT2D eigenvalue weighted by Gasteiger charge is 2.18. The van der Waals surface area contributed by atoms with Crippen molar-refractivity contribution in [3.8, 4) is 5.75 Å². The third-order valence-corrected chi connectivity index (χ3v) is 2.25. The first kappa shape index (κ1) is 11.0. The Labute approximate surface area is 89.2 Å². The summed E-state index contributed by atoms with van der Waals surface area (Å²) in [5, 5.41) is 0.0315. The molecule has 0 unspecified atom stereocenters. The molecule has 14 heavy (non-hydrogen) atoms. The minimum absolute atomic E-state index is 0.0315. The van der Waals surface area contributed by atoms with Crippen molar-refractivity contribution in [2.45, 2.75) is 0 Å². The fourth-order valence-corrected chi connectivity index (χ4v) is 1.40. The summed E-state index contributed by atoms with van der Waals surface area (Å²) < 4.78 is 18.2. The molecule has 0 heterocycles. The van der Waals surface area contributed by atoms with Crippen LogP contribution >= 0.6 is 15.9 Å². The number of alkyl halides is 1. The van der Waals surface area contributed by atoms with Crippen LogP contribution in [0.3, 0.4) is 0 Å². The van der Waals surface area contributed by atoms with E-state index in [0.717, 1.165) is 6.07 Å². The lowest BCUT2D eigenvalue weighted by molar-refractivity contribution is 0.101. The summed E-state index contributed by atoms with van der Waals surface area (Å²) in [5.41, 5.74) is 5.68. The highest BCUT2D eigenvalue weighted by Crippen LogP contribution is 2.29. The van der Waals surface area contributed by atoms with Crippen molar-refractivity contribution in [1.29, 1.82) is 0 Å². The Morgan fingerprint density at radius 3 is 2.79 bits per heavy atom. The average molecular weight is 262 g/mol. The van der Waals surface area contributed by atoms with Gasteiger partial charge >= 0.3 is 0 Å². The van der Waals surface area contributed by atoms with Crippen LogP contribution in [0.2, 0.25) is 0 Å². The molecule has 76 valence electrons. The van der Waals surface area contributed by atoms with Gasteiger partial charge in [0, 0.05) is 0 Å². The maximum absolute atomic E-state index is 13.3. The summed E-state index contributed by atoms with van der Waals surface area (Å²) in [6.07, 6.45) is 0. The molecule has 5 heteroatoms. The molecule has 1 rings (SSSR count). The second-order valence-electron chi connectivity index (χ2n) is 2.60. The van der Waals surface area contributed by atoms with Crippen molar-refractivity contribution >= 4 is 27.4 Å². The van der Waals surface area contributed by atoms with Crippen molar-refractivity contribution in [3.63, 3.8) is 0 Å². The summed E-state index contributed by atoms with van der Waals surface area (Å²) >= 11 is 2.96. The van der Waals surface area contributed by atoms with Gasteiger partial charge in [-0.2, -0.15) is 0 Å². The van der Waals surface area contributed by atoms with Gasteiger partial charge in [-0.1, -0.05) is 15.9 Å². The lowest BCUT2D eigenvalue weighted by atomic mass is 10.1. The number of ketones is 1. The van der Waals surface area contributed by atoms with Crippen LogP contribution in [0.25, 0.3) is 0 Å². The Morgan fingerprint density at radius 1 is 1.64 bits per heavy atom. The van der Waals surface area contributed by atoms with Crippen LogP contribution in [0, 0.1) is 5.82 Å². The van der Waals surface area contributed by atoms with E-state index in [1.165, 1.54) is 13.2 Å². The number of hydrogen-bond acceptors (Lipinski definition) is 3. The molecule has 1 aromatic rings. The number of hydrogen-bond donors (Lipinski definition) is 1. The summed E-state index contributed by atoms with van der Waals surface area (Å²) in [4.78, 5) is 11.3. The molecule has 0 aliphatic heterocycles. The van der Waals surface area contributed by atoms with Gasteiger partial charge in [0.15, 0.2) is 11.5 Å². The van der Waals surface area contributed by atoms with Crippen LogP contribution in [-0.4, -0.2) is 18.2 Å². The van der Waals surface area contributed by atoms with E-state index in [0.29, 0.717) is 0 Å². The van der Waals surface area contributed by atoms with Crippen molar-refractivity contribution in [1.82, 2.24) is 0 Å². The number of nitrogen functional groups attached to an aromatic ring is 1. The molecule has 0 saturated heterocycles. The molecule has 3 nitrogen and oxygen atoms in total. The molecular formula is C9H9BrFNO2. The number of benzene rings is 1. The van der Waals surface area contributed by atoms with Gasteiger partial charge in [0.2, 0.25) is 0 Å². The zero-order chi connectivity index (χ0) is 10.7. The summed E-state index contributed by atoms with van der Waals surface area (Å²) in [6, 6.07) is 2.51. The molecule has 0 radical (unpaired) electrons. The second-order valence-corrected chi connectivity index (χ2v) is 3.16. The topological polar surface area (TPSA) is 52.3 Å². The van der Waals surface area contributed by atoms with Crippen molar-refractivity contribution < 1.29 is 13.9 Å². The van der Waals surface area contributed by atoms with Crippen LogP contribution < -0.4 is 10.5 Å². The maximum Gasteiger partial charge on any atom is 0.180 e. The quantitative estimate of drug-likeness (QED) is 0.515. The lowest BCUT2D eigenvalue weighted by Crippen LogP contribution is -2.08. The second kappa shape index (κ2) is 4.41. The summed E-state index contributed by atoms with van der Waals surface area (Å²) in [5.74, 6) is -0.929. The monoisotopic (exact) mass is 261 g/mol. The zero-order valence-corrected chi connectivity index (χ0v) is 9.10. The zero-order valence-electron chi connectivity index (χ0n) is 7.51. The average Bonchev–Trinajstić information content (AvgIpc) is 2.19. The molecular weight excluding hydrogens is 253 g/mol. The number of methoxy groups -OCH3 is 1. The molecule has 0 aliphatic carbocycles. The van der Waals surface area contributed by atoms with Crippen LogP contribution in [0.4, 0.5) is 10.1 Å². The predicted molar refractivity (Wildman–Crippen MR) is 55.5 cm³/mol. The molecule has 0 atom stereocenters. The Balaban J connectivity index is 3.37. The first-order valence-electron chi connectivity index (χ1n) is 3.83. The van der Waals surface area contributed by atoms with Gasteiger partial charge in [-0.25, -0.2) is 4.39 Å². The number of nitrogens with two attached hydrogens (primary N) is 1. The van der Waals surface area contributed by atoms with Gasteiger partial charge in [0.1, 0.15) is 5.82 Å². The number of halogens is 2. The third-order valence-electron chi connectivity index (χ3n) is 1.74. The summed E-state index contributed by atoms with van der Waals surface area (Å²) in [6.45, 7) is 0. The first-order valence-corrected chi connectivity index (χ1v) is 4.95. The van der Waals surface area contributed by atoms with E-state index in [4.69, 9.17) is 10.5 Å². The number of carbonyl (C=O) groups is 1. The highest BCUT2D eigenvalue weighted by atomic mass is 79.9. The number of ether oxygens (including phenoxy) is 1. The van der Waals surface area contributed by atoms with E-state index < -0.39 is 11.6 Å². The van der Waals surface area contributed by atoms with Crippen molar-refractivity contribution in [3.05, 3.63) is 23.5 Å². The Kier molecular flexibility index (Phi) is 3.46. The van der Waals surface area contributed by atoms with Crippen LogP contribution in [0.1, 0.15) is 10.4 Å². The van der Waals surface area contributed by atoms with Crippen LogP contribution in [0.15, 0.2) is 12.1 Å². The Morgan fingerprint density at radius 2 is 2.29 bits per heavy atom. The summed E-state index contributed by atoms with van der Waals surface area (Å²) in [7, 11) is 1.34. The molecule has 0 amide bonds. The smallest absolute Gasteiger partial charge is 0.180 e. The number of carbonyl (C=O) groups excluding carboxylic acids is 1. The molecule has 0 bridgehead atoms. The standard InChI is InChI=1S/C9H9BrFNO2/c1-14-9-6(12)3-2-5(11)8(9)7(13)4-10/h2-3H,4,12H2,1H3. The molecule has 0 spiro atoms. The predicted octanol–water partition coefficient (Wildman–Crippen LogP) is 1.99. The van der Waals surface area contributed by atoms with E-state index in [1.807, 2.05) is 0 Å². The fourth-order valence-electron chi connectivity index (χ4n) is 1.12. The van der Waals surface area contributed by atoms with Crippen molar-refractivity contribution in [2.75, 3.05) is 18.2 Å². The van der Waals surface area contributed by atoms with Gasteiger partial charge in [0.25, 0.3) is 0 Å². The highest BCUT2D eigenvalue weighted by molar-refractivity contribution is 9.09. The van der Waals surface area contributed by atoms with E-state index in [-0.39, 0.29) is 22.3 Å². The van der Waals surface area contributed by atoms with Gasteiger partial charge in [-0.05, 0) is 12.1 Å². The minimum atomic E-state index is -0.625.